The highest BCUT2D eigenvalue weighted by Gasteiger charge is 2.24. The second-order valence-electron chi connectivity index (χ2n) is 8.20. The molecule has 1 aliphatic rings. The van der Waals surface area contributed by atoms with Crippen LogP contribution in [0, 0.1) is 18.3 Å². The van der Waals surface area contributed by atoms with Gasteiger partial charge in [-0.3, -0.25) is 0 Å². The van der Waals surface area contributed by atoms with E-state index in [1.165, 1.54) is 4.90 Å². The van der Waals surface area contributed by atoms with E-state index in [1.54, 1.807) is 6.92 Å². The molecule has 11 heteroatoms. The molecular formula is C22H27N9O2. The van der Waals surface area contributed by atoms with Gasteiger partial charge in [0.2, 0.25) is 5.95 Å². The number of aryl methyl sites for hydroxylation is 2. The SMILES string of the molecule is Cc1nc(N)nc(NC(C)c2nc3ccn(C)c3cc2N2CCCN(C(=O)O)CC2)c1C#N. The van der Waals surface area contributed by atoms with Crippen LogP contribution in [0.1, 0.15) is 36.3 Å². The lowest BCUT2D eigenvalue weighted by Gasteiger charge is -2.28. The summed E-state index contributed by atoms with van der Waals surface area (Å²) < 4.78 is 2.01. The third-order valence-corrected chi connectivity index (χ3v) is 5.96. The molecule has 4 heterocycles. The number of aromatic nitrogens is 4. The van der Waals surface area contributed by atoms with Crippen LogP contribution in [-0.4, -0.2) is 61.8 Å². The van der Waals surface area contributed by atoms with Crippen molar-refractivity contribution in [2.45, 2.75) is 26.3 Å². The Morgan fingerprint density at radius 1 is 1.27 bits per heavy atom. The van der Waals surface area contributed by atoms with Crippen LogP contribution >= 0.6 is 0 Å². The molecule has 3 aromatic heterocycles. The molecule has 172 valence electrons. The van der Waals surface area contributed by atoms with E-state index < -0.39 is 6.09 Å². The fraction of sp³-hybridized carbons (Fsp3) is 0.409. The molecule has 0 aromatic carbocycles. The normalized spacial score (nSPS) is 15.2. The zero-order valence-electron chi connectivity index (χ0n) is 18.9. The zero-order valence-corrected chi connectivity index (χ0v) is 18.9. The van der Waals surface area contributed by atoms with Gasteiger partial charge in [-0.2, -0.15) is 10.2 Å². The molecule has 1 amide bonds. The number of pyridine rings is 1. The maximum Gasteiger partial charge on any atom is 0.407 e. The predicted molar refractivity (Wildman–Crippen MR) is 125 cm³/mol. The third kappa shape index (κ3) is 4.32. The number of amides is 1. The number of carbonyl (C=O) groups is 1. The summed E-state index contributed by atoms with van der Waals surface area (Å²) in [6.45, 7) is 5.87. The maximum atomic E-state index is 11.5. The first-order valence-corrected chi connectivity index (χ1v) is 10.8. The smallest absolute Gasteiger partial charge is 0.407 e. The number of anilines is 3. The number of hydrogen-bond donors (Lipinski definition) is 3. The van der Waals surface area contributed by atoms with Gasteiger partial charge in [-0.15, -0.1) is 0 Å². The van der Waals surface area contributed by atoms with Crippen molar-refractivity contribution in [2.75, 3.05) is 42.1 Å². The molecule has 0 radical (unpaired) electrons. The predicted octanol–water partition coefficient (Wildman–Crippen LogP) is 2.49. The summed E-state index contributed by atoms with van der Waals surface area (Å²) in [4.78, 5) is 28.3. The summed E-state index contributed by atoms with van der Waals surface area (Å²) in [5, 5.41) is 22.3. The molecule has 1 unspecified atom stereocenters. The summed E-state index contributed by atoms with van der Waals surface area (Å²) in [7, 11) is 1.97. The van der Waals surface area contributed by atoms with Crippen LogP contribution in [0.3, 0.4) is 0 Å². The van der Waals surface area contributed by atoms with Gasteiger partial charge >= 0.3 is 6.09 Å². The van der Waals surface area contributed by atoms with E-state index in [0.29, 0.717) is 43.3 Å². The first-order chi connectivity index (χ1) is 15.8. The van der Waals surface area contributed by atoms with E-state index in [4.69, 9.17) is 10.7 Å². The minimum atomic E-state index is -0.899. The molecule has 0 saturated carbocycles. The number of nitrogens with two attached hydrogens (primary N) is 1. The lowest BCUT2D eigenvalue weighted by molar-refractivity contribution is 0.148. The number of rotatable bonds is 4. The highest BCUT2D eigenvalue weighted by Crippen LogP contribution is 2.32. The highest BCUT2D eigenvalue weighted by atomic mass is 16.4. The monoisotopic (exact) mass is 449 g/mol. The topological polar surface area (TPSA) is 149 Å². The number of nitrogen functional groups attached to an aromatic ring is 1. The van der Waals surface area contributed by atoms with Crippen LogP contribution in [0.15, 0.2) is 18.3 Å². The lowest BCUT2D eigenvalue weighted by atomic mass is 10.1. The Labute approximate surface area is 191 Å². The first kappa shape index (κ1) is 22.1. The molecule has 1 fully saturated rings. The Kier molecular flexibility index (Phi) is 5.91. The summed E-state index contributed by atoms with van der Waals surface area (Å²) >= 11 is 0. The quantitative estimate of drug-likeness (QED) is 0.546. The van der Waals surface area contributed by atoms with E-state index in [2.05, 4.69) is 32.3 Å². The van der Waals surface area contributed by atoms with E-state index in [9.17, 15) is 15.2 Å². The second-order valence-corrected chi connectivity index (χ2v) is 8.20. The molecule has 4 N–H and O–H groups in total. The second kappa shape index (κ2) is 8.82. The van der Waals surface area contributed by atoms with Crippen LogP contribution in [0.5, 0.6) is 0 Å². The van der Waals surface area contributed by atoms with Gasteiger partial charge in [0.05, 0.1) is 34.2 Å². The Morgan fingerprint density at radius 3 is 2.79 bits per heavy atom. The van der Waals surface area contributed by atoms with Crippen molar-refractivity contribution in [2.24, 2.45) is 7.05 Å². The van der Waals surface area contributed by atoms with Crippen molar-refractivity contribution in [1.29, 1.82) is 5.26 Å². The van der Waals surface area contributed by atoms with Crippen molar-refractivity contribution >= 4 is 34.6 Å². The van der Waals surface area contributed by atoms with Crippen LogP contribution in [-0.2, 0) is 7.05 Å². The molecule has 1 saturated heterocycles. The van der Waals surface area contributed by atoms with Gasteiger partial charge in [-0.05, 0) is 32.4 Å². The van der Waals surface area contributed by atoms with Gasteiger partial charge in [0.1, 0.15) is 17.5 Å². The fourth-order valence-electron chi connectivity index (χ4n) is 4.22. The average Bonchev–Trinajstić information content (AvgIpc) is 2.97. The summed E-state index contributed by atoms with van der Waals surface area (Å²) in [5.41, 5.74) is 10.2. The van der Waals surface area contributed by atoms with Crippen molar-refractivity contribution in [3.63, 3.8) is 0 Å². The van der Waals surface area contributed by atoms with E-state index in [-0.39, 0.29) is 12.0 Å². The first-order valence-electron chi connectivity index (χ1n) is 10.8. The van der Waals surface area contributed by atoms with Gasteiger partial charge in [-0.25, -0.2) is 14.8 Å². The summed E-state index contributed by atoms with van der Waals surface area (Å²) in [5.74, 6) is 0.456. The molecule has 0 bridgehead atoms. The van der Waals surface area contributed by atoms with Crippen molar-refractivity contribution in [1.82, 2.24) is 24.4 Å². The van der Waals surface area contributed by atoms with E-state index in [0.717, 1.165) is 28.8 Å². The molecule has 11 nitrogen and oxygen atoms in total. The van der Waals surface area contributed by atoms with Gasteiger partial charge < -0.3 is 30.5 Å². The standard InChI is InChI=1S/C22H27N9O2/c1-13-15(12-23)20(28-21(24)26-13)25-14(2)19-18(11-17-16(27-19)5-8-29(17)3)30-6-4-7-31(10-9-30)22(32)33/h5,8,11,14H,4,6-7,9-10H2,1-3H3,(H,32,33)(H3,24,25,26,28). The zero-order chi connectivity index (χ0) is 23.7. The molecule has 0 aliphatic carbocycles. The van der Waals surface area contributed by atoms with E-state index in [1.807, 2.05) is 30.8 Å². The summed E-state index contributed by atoms with van der Waals surface area (Å²) in [6, 6.07) is 5.89. The molecule has 4 rings (SSSR count). The van der Waals surface area contributed by atoms with Gasteiger partial charge in [0.25, 0.3) is 0 Å². The molecular weight excluding hydrogens is 422 g/mol. The van der Waals surface area contributed by atoms with E-state index >= 15 is 0 Å². The molecule has 33 heavy (non-hydrogen) atoms. The number of nitrogens with one attached hydrogen (secondary N) is 1. The Balaban J connectivity index is 1.74. The molecule has 1 atom stereocenters. The lowest BCUT2D eigenvalue weighted by Crippen LogP contribution is -2.34. The third-order valence-electron chi connectivity index (χ3n) is 5.96. The number of fused-ring (bicyclic) bond motifs is 1. The highest BCUT2D eigenvalue weighted by molar-refractivity contribution is 5.81. The number of carboxylic acid groups (broad SMARTS) is 1. The number of hydrogen-bond acceptors (Lipinski definition) is 8. The minimum Gasteiger partial charge on any atom is -0.465 e. The van der Waals surface area contributed by atoms with Crippen molar-refractivity contribution < 1.29 is 9.90 Å². The van der Waals surface area contributed by atoms with Gasteiger partial charge in [-0.1, -0.05) is 0 Å². The van der Waals surface area contributed by atoms with Crippen molar-refractivity contribution in [3.05, 3.63) is 35.3 Å². The number of nitrogens with zero attached hydrogens (tertiary/aromatic N) is 7. The minimum absolute atomic E-state index is 0.0918. The van der Waals surface area contributed by atoms with Crippen LogP contribution < -0.4 is 16.0 Å². The Bertz CT molecular complexity index is 1250. The Hall–Kier alpha value is -4.07. The summed E-state index contributed by atoms with van der Waals surface area (Å²) in [6.07, 6.45) is 1.78. The molecule has 1 aliphatic heterocycles. The van der Waals surface area contributed by atoms with Gasteiger partial charge in [0.15, 0.2) is 0 Å². The van der Waals surface area contributed by atoms with Crippen LogP contribution in [0.4, 0.5) is 22.2 Å². The largest absolute Gasteiger partial charge is 0.465 e. The molecule has 3 aromatic rings. The number of nitriles is 1. The van der Waals surface area contributed by atoms with Crippen LogP contribution in [0.2, 0.25) is 0 Å². The average molecular weight is 450 g/mol. The fourth-order valence-corrected chi connectivity index (χ4v) is 4.22. The van der Waals surface area contributed by atoms with Crippen molar-refractivity contribution in [3.8, 4) is 6.07 Å². The Morgan fingerprint density at radius 2 is 2.06 bits per heavy atom. The van der Waals surface area contributed by atoms with Crippen LogP contribution in [0.25, 0.3) is 11.0 Å². The molecule has 0 spiro atoms. The van der Waals surface area contributed by atoms with Gasteiger partial charge in [0, 0.05) is 39.4 Å². The maximum absolute atomic E-state index is 11.5.